The average molecular weight is 247 g/mol. The number of pyridine rings is 1. The molecule has 0 aliphatic carbocycles. The molecule has 1 atom stereocenters. The first kappa shape index (κ1) is 14.1. The molecule has 0 spiro atoms. The zero-order valence-electron chi connectivity index (χ0n) is 10.8. The fourth-order valence-electron chi connectivity index (χ4n) is 1.33. The minimum atomic E-state index is -0.576. The number of aliphatic hydroxyl groups is 1. The van der Waals surface area contributed by atoms with Crippen LogP contribution in [0.15, 0.2) is 12.1 Å². The second-order valence-electron chi connectivity index (χ2n) is 4.46. The first-order valence-electron chi connectivity index (χ1n) is 5.79. The summed E-state index contributed by atoms with van der Waals surface area (Å²) < 4.78 is 0. The third-order valence-electron chi connectivity index (χ3n) is 2.68. The summed E-state index contributed by atoms with van der Waals surface area (Å²) in [7, 11) is 0. The van der Waals surface area contributed by atoms with Crippen LogP contribution in [0.5, 0.6) is 0 Å². The number of amides is 1. The lowest BCUT2D eigenvalue weighted by Gasteiger charge is -2.14. The van der Waals surface area contributed by atoms with E-state index in [1.165, 1.54) is 6.07 Å². The van der Waals surface area contributed by atoms with Gasteiger partial charge in [-0.05, 0) is 25.0 Å². The molecule has 0 saturated carbocycles. The van der Waals surface area contributed by atoms with Crippen molar-refractivity contribution >= 4 is 5.91 Å². The van der Waals surface area contributed by atoms with Gasteiger partial charge in [-0.25, -0.2) is 4.98 Å². The summed E-state index contributed by atoms with van der Waals surface area (Å²) in [4.78, 5) is 15.8. The molecule has 0 saturated heterocycles. The smallest absolute Gasteiger partial charge is 0.269 e. The van der Waals surface area contributed by atoms with Crippen molar-refractivity contribution in [1.82, 2.24) is 10.3 Å². The van der Waals surface area contributed by atoms with Crippen LogP contribution < -0.4 is 5.32 Å². The molecule has 1 aromatic rings. The second-order valence-corrected chi connectivity index (χ2v) is 4.46. The maximum absolute atomic E-state index is 11.8. The fraction of sp³-hybridized carbons (Fsp3) is 0.462. The third-order valence-corrected chi connectivity index (χ3v) is 2.68. The van der Waals surface area contributed by atoms with E-state index >= 15 is 0 Å². The third kappa shape index (κ3) is 3.54. The van der Waals surface area contributed by atoms with E-state index in [-0.39, 0.29) is 24.1 Å². The van der Waals surface area contributed by atoms with Crippen LogP contribution in [0.4, 0.5) is 0 Å². The van der Waals surface area contributed by atoms with Gasteiger partial charge in [0.1, 0.15) is 11.8 Å². The quantitative estimate of drug-likeness (QED) is 0.831. The van der Waals surface area contributed by atoms with Crippen LogP contribution >= 0.6 is 0 Å². The molecule has 2 N–H and O–H groups in total. The van der Waals surface area contributed by atoms with Gasteiger partial charge >= 0.3 is 0 Å². The van der Waals surface area contributed by atoms with Gasteiger partial charge in [0.2, 0.25) is 0 Å². The summed E-state index contributed by atoms with van der Waals surface area (Å²) in [6.07, 6.45) is -0.576. The first-order chi connectivity index (χ1) is 8.45. The van der Waals surface area contributed by atoms with Gasteiger partial charge in [-0.2, -0.15) is 5.26 Å². The molecule has 0 aliphatic rings. The first-order valence-corrected chi connectivity index (χ1v) is 5.79. The van der Waals surface area contributed by atoms with E-state index in [2.05, 4.69) is 10.3 Å². The van der Waals surface area contributed by atoms with Crippen molar-refractivity contribution in [2.75, 3.05) is 6.54 Å². The maximum atomic E-state index is 11.8. The average Bonchev–Trinajstić information content (AvgIpc) is 2.35. The number of aromatic nitrogens is 1. The summed E-state index contributed by atoms with van der Waals surface area (Å²) in [5.74, 6) is -0.261. The maximum Gasteiger partial charge on any atom is 0.269 e. The van der Waals surface area contributed by atoms with Crippen molar-refractivity contribution in [1.29, 1.82) is 5.26 Å². The van der Waals surface area contributed by atoms with Crippen LogP contribution in [-0.4, -0.2) is 28.6 Å². The Morgan fingerprint density at radius 2 is 2.22 bits per heavy atom. The Bertz CT molecular complexity index is 478. The van der Waals surface area contributed by atoms with E-state index in [9.17, 15) is 9.90 Å². The molecule has 0 aliphatic heterocycles. The topological polar surface area (TPSA) is 86.0 Å². The molecular formula is C13H17N3O2. The Kier molecular flexibility index (Phi) is 4.81. The molecule has 0 fully saturated rings. The predicted octanol–water partition coefficient (Wildman–Crippen LogP) is 1.01. The number of aryl methyl sites for hydroxylation is 1. The van der Waals surface area contributed by atoms with E-state index < -0.39 is 6.10 Å². The molecule has 1 rings (SSSR count). The lowest BCUT2D eigenvalue weighted by molar-refractivity contribution is 0.0867. The predicted molar refractivity (Wildman–Crippen MR) is 66.9 cm³/mol. The van der Waals surface area contributed by atoms with E-state index in [0.717, 1.165) is 0 Å². The molecule has 1 heterocycles. The zero-order valence-corrected chi connectivity index (χ0v) is 10.8. The van der Waals surface area contributed by atoms with Crippen molar-refractivity contribution in [2.45, 2.75) is 26.9 Å². The van der Waals surface area contributed by atoms with Crippen LogP contribution in [-0.2, 0) is 0 Å². The highest BCUT2D eigenvalue weighted by atomic mass is 16.3. The normalized spacial score (nSPS) is 12.0. The molecule has 18 heavy (non-hydrogen) atoms. The van der Waals surface area contributed by atoms with Gasteiger partial charge in [-0.3, -0.25) is 4.79 Å². The number of nitrogens with one attached hydrogen (secondary N) is 1. The van der Waals surface area contributed by atoms with Gasteiger partial charge in [0.05, 0.1) is 17.4 Å². The summed E-state index contributed by atoms with van der Waals surface area (Å²) >= 11 is 0. The van der Waals surface area contributed by atoms with Crippen LogP contribution in [0.2, 0.25) is 0 Å². The molecule has 0 radical (unpaired) electrons. The van der Waals surface area contributed by atoms with E-state index in [1.807, 2.05) is 19.9 Å². The van der Waals surface area contributed by atoms with Crippen LogP contribution in [0, 0.1) is 24.2 Å². The highest BCUT2D eigenvalue weighted by Gasteiger charge is 2.13. The van der Waals surface area contributed by atoms with Gasteiger partial charge in [0.25, 0.3) is 5.91 Å². The van der Waals surface area contributed by atoms with E-state index in [1.54, 1.807) is 13.0 Å². The number of rotatable bonds is 4. The number of nitrogens with zero attached hydrogens (tertiary/aromatic N) is 2. The lowest BCUT2D eigenvalue weighted by atomic mass is 10.1. The highest BCUT2D eigenvalue weighted by Crippen LogP contribution is 2.05. The van der Waals surface area contributed by atoms with Crippen molar-refractivity contribution in [3.63, 3.8) is 0 Å². The SMILES string of the molecule is Cc1nc(C(=O)NCC(O)C(C)C)ccc1C#N. The Morgan fingerprint density at radius 3 is 2.72 bits per heavy atom. The van der Waals surface area contributed by atoms with E-state index in [4.69, 9.17) is 5.26 Å². The number of carbonyl (C=O) groups excluding carboxylic acids is 1. The molecule has 1 aromatic heterocycles. The second kappa shape index (κ2) is 6.12. The number of aliphatic hydroxyl groups excluding tert-OH is 1. The van der Waals surface area contributed by atoms with Crippen LogP contribution in [0.3, 0.4) is 0 Å². The summed E-state index contributed by atoms with van der Waals surface area (Å²) in [6, 6.07) is 5.06. The fourth-order valence-corrected chi connectivity index (χ4v) is 1.33. The van der Waals surface area contributed by atoms with Crippen LogP contribution in [0.1, 0.15) is 35.6 Å². The number of carbonyl (C=O) groups is 1. The minimum absolute atomic E-state index is 0.0842. The summed E-state index contributed by atoms with van der Waals surface area (Å²) in [5, 5.41) is 21.0. The van der Waals surface area contributed by atoms with Gasteiger partial charge in [-0.15, -0.1) is 0 Å². The lowest BCUT2D eigenvalue weighted by Crippen LogP contribution is -2.35. The molecule has 1 unspecified atom stereocenters. The van der Waals surface area contributed by atoms with Gasteiger partial charge < -0.3 is 10.4 Å². The van der Waals surface area contributed by atoms with Crippen LogP contribution in [0.25, 0.3) is 0 Å². The zero-order chi connectivity index (χ0) is 13.7. The van der Waals surface area contributed by atoms with Gasteiger partial charge in [0.15, 0.2) is 0 Å². The molecule has 1 amide bonds. The Morgan fingerprint density at radius 1 is 1.56 bits per heavy atom. The number of hydrogen-bond acceptors (Lipinski definition) is 4. The number of hydrogen-bond donors (Lipinski definition) is 2. The Labute approximate surface area is 106 Å². The molecule has 0 aromatic carbocycles. The molecular weight excluding hydrogens is 230 g/mol. The summed E-state index contributed by atoms with van der Waals surface area (Å²) in [6.45, 7) is 5.62. The molecule has 96 valence electrons. The van der Waals surface area contributed by atoms with Crippen molar-refractivity contribution in [3.8, 4) is 6.07 Å². The highest BCUT2D eigenvalue weighted by molar-refractivity contribution is 5.92. The number of nitriles is 1. The Balaban J connectivity index is 2.68. The minimum Gasteiger partial charge on any atom is -0.391 e. The van der Waals surface area contributed by atoms with Gasteiger partial charge in [0, 0.05) is 6.54 Å². The van der Waals surface area contributed by atoms with E-state index in [0.29, 0.717) is 11.3 Å². The molecule has 5 heteroatoms. The largest absolute Gasteiger partial charge is 0.391 e. The summed E-state index contributed by atoms with van der Waals surface area (Å²) in [5.41, 5.74) is 1.23. The van der Waals surface area contributed by atoms with Crippen molar-refractivity contribution in [2.24, 2.45) is 5.92 Å². The standard InChI is InChI=1S/C13H17N3O2/c1-8(2)12(17)7-15-13(18)11-5-4-10(6-14)9(3)16-11/h4-5,8,12,17H,7H2,1-3H3,(H,15,18). The molecule has 0 bridgehead atoms. The van der Waals surface area contributed by atoms with Crippen molar-refractivity contribution < 1.29 is 9.90 Å². The monoisotopic (exact) mass is 247 g/mol. The van der Waals surface area contributed by atoms with Crippen molar-refractivity contribution in [3.05, 3.63) is 29.1 Å². The molecule has 5 nitrogen and oxygen atoms in total. The Hall–Kier alpha value is -1.93. The van der Waals surface area contributed by atoms with Gasteiger partial charge in [-0.1, -0.05) is 13.8 Å².